The van der Waals surface area contributed by atoms with Crippen LogP contribution in [-0.2, 0) is 12.6 Å². The largest absolute Gasteiger partial charge is 0.475 e. The molecule has 2 rings (SSSR count). The predicted molar refractivity (Wildman–Crippen MR) is 117 cm³/mol. The quantitative estimate of drug-likeness (QED) is 0.174. The number of nitrogens with zero attached hydrogens (tertiary/aromatic N) is 3. The Balaban J connectivity index is 0.00000420. The Morgan fingerprint density at radius 3 is 2.66 bits per heavy atom. The summed E-state index contributed by atoms with van der Waals surface area (Å²) in [6, 6.07) is 5.76. The predicted octanol–water partition coefficient (Wildman–Crippen LogP) is 3.94. The van der Waals surface area contributed by atoms with E-state index in [1.807, 2.05) is 13.0 Å². The fourth-order valence-electron chi connectivity index (χ4n) is 2.23. The number of rotatable bonds is 8. The Bertz CT molecular complexity index is 775. The van der Waals surface area contributed by atoms with Gasteiger partial charge in [-0.15, -0.1) is 24.0 Å². The van der Waals surface area contributed by atoms with E-state index >= 15 is 0 Å². The van der Waals surface area contributed by atoms with E-state index < -0.39 is 17.6 Å². The maximum absolute atomic E-state index is 12.9. The number of ether oxygens (including phenoxy) is 1. The van der Waals surface area contributed by atoms with Crippen molar-refractivity contribution < 1.29 is 17.9 Å². The highest BCUT2D eigenvalue weighted by Crippen LogP contribution is 2.34. The average molecular weight is 544 g/mol. The monoisotopic (exact) mass is 543 g/mol. The molecule has 6 nitrogen and oxygen atoms in total. The number of guanidine groups is 1. The van der Waals surface area contributed by atoms with Gasteiger partial charge < -0.3 is 15.4 Å². The molecule has 2 N–H and O–H groups in total. The highest BCUT2D eigenvalue weighted by molar-refractivity contribution is 14.0. The molecule has 0 amide bonds. The molecule has 0 fully saturated rings. The molecule has 0 saturated heterocycles. The topological polar surface area (TPSA) is 71.4 Å². The Morgan fingerprint density at radius 1 is 1.21 bits per heavy atom. The summed E-state index contributed by atoms with van der Waals surface area (Å²) in [5.74, 6) is 0.110. The van der Waals surface area contributed by atoms with Gasteiger partial charge in [-0.1, -0.05) is 17.7 Å². The van der Waals surface area contributed by atoms with E-state index in [0.29, 0.717) is 30.6 Å². The zero-order valence-electron chi connectivity index (χ0n) is 15.7. The molecule has 0 aliphatic heterocycles. The third-order valence-electron chi connectivity index (χ3n) is 3.51. The van der Waals surface area contributed by atoms with Crippen LogP contribution in [0.2, 0.25) is 5.15 Å². The maximum Gasteiger partial charge on any atom is 0.421 e. The maximum atomic E-state index is 12.9. The summed E-state index contributed by atoms with van der Waals surface area (Å²) in [7, 11) is 0. The van der Waals surface area contributed by atoms with E-state index in [-0.39, 0.29) is 37.1 Å². The van der Waals surface area contributed by atoms with Crippen molar-refractivity contribution in [3.05, 3.63) is 52.9 Å². The first-order valence-electron chi connectivity index (χ1n) is 8.67. The average Bonchev–Trinajstić information content (AvgIpc) is 2.66. The standard InChI is InChI=1S/C18H21ClF3N5O.HI/c1-2-23-17(25-9-7-13-5-6-15(19)27-12-13)26-10-11-28-16-14(18(20,21)22)4-3-8-24-16;/h3-6,8,12H,2,7,9-11H2,1H3,(H2,23,25,26);1H. The molecule has 160 valence electrons. The molecule has 2 aromatic rings. The van der Waals surface area contributed by atoms with Gasteiger partial charge in [0.25, 0.3) is 0 Å². The van der Waals surface area contributed by atoms with Crippen molar-refractivity contribution in [3.8, 4) is 5.88 Å². The van der Waals surface area contributed by atoms with E-state index in [4.69, 9.17) is 16.3 Å². The summed E-state index contributed by atoms with van der Waals surface area (Å²) in [6.07, 6.45) is -0.879. The number of pyridine rings is 2. The number of hydrogen-bond acceptors (Lipinski definition) is 4. The number of aliphatic imine (C=N–C) groups is 1. The van der Waals surface area contributed by atoms with E-state index in [1.165, 1.54) is 12.3 Å². The molecule has 29 heavy (non-hydrogen) atoms. The van der Waals surface area contributed by atoms with Gasteiger partial charge in [0.2, 0.25) is 5.88 Å². The molecule has 0 aliphatic carbocycles. The van der Waals surface area contributed by atoms with Gasteiger partial charge in [-0.25, -0.2) is 9.97 Å². The molecular weight excluding hydrogens is 522 g/mol. The SMILES string of the molecule is CCNC(=NCCc1ccc(Cl)nc1)NCCOc1ncccc1C(F)(F)F.I. The van der Waals surface area contributed by atoms with Gasteiger partial charge in [0.15, 0.2) is 5.96 Å². The van der Waals surface area contributed by atoms with Crippen LogP contribution in [0.5, 0.6) is 5.88 Å². The Hall–Kier alpha value is -1.82. The van der Waals surface area contributed by atoms with Crippen LogP contribution in [0.3, 0.4) is 0 Å². The van der Waals surface area contributed by atoms with Crippen molar-refractivity contribution in [2.75, 3.05) is 26.2 Å². The van der Waals surface area contributed by atoms with Gasteiger partial charge in [-0.2, -0.15) is 13.2 Å². The minimum atomic E-state index is -4.51. The number of nitrogens with one attached hydrogen (secondary N) is 2. The molecule has 0 atom stereocenters. The minimum Gasteiger partial charge on any atom is -0.475 e. The van der Waals surface area contributed by atoms with Crippen LogP contribution in [0, 0.1) is 0 Å². The van der Waals surface area contributed by atoms with Crippen LogP contribution < -0.4 is 15.4 Å². The van der Waals surface area contributed by atoms with E-state index in [0.717, 1.165) is 11.6 Å². The van der Waals surface area contributed by atoms with Crippen LogP contribution >= 0.6 is 35.6 Å². The minimum absolute atomic E-state index is 0. The highest BCUT2D eigenvalue weighted by Gasteiger charge is 2.34. The Kier molecular flexibility index (Phi) is 11.0. The molecule has 0 spiro atoms. The molecule has 0 unspecified atom stereocenters. The van der Waals surface area contributed by atoms with Crippen molar-refractivity contribution in [2.24, 2.45) is 4.99 Å². The molecule has 0 radical (unpaired) electrons. The summed E-state index contributed by atoms with van der Waals surface area (Å²) in [6.45, 7) is 3.35. The fraction of sp³-hybridized carbons (Fsp3) is 0.389. The van der Waals surface area contributed by atoms with Crippen molar-refractivity contribution in [1.82, 2.24) is 20.6 Å². The lowest BCUT2D eigenvalue weighted by molar-refractivity contribution is -0.139. The molecule has 0 aliphatic rings. The van der Waals surface area contributed by atoms with Crippen molar-refractivity contribution >= 4 is 41.5 Å². The second kappa shape index (κ2) is 12.7. The fourth-order valence-corrected chi connectivity index (χ4v) is 2.34. The van der Waals surface area contributed by atoms with Crippen LogP contribution in [0.15, 0.2) is 41.7 Å². The zero-order valence-corrected chi connectivity index (χ0v) is 18.8. The molecule has 2 aromatic heterocycles. The molecule has 0 aromatic carbocycles. The van der Waals surface area contributed by atoms with E-state index in [2.05, 4.69) is 25.6 Å². The summed E-state index contributed by atoms with van der Waals surface area (Å²) < 4.78 is 43.9. The zero-order chi connectivity index (χ0) is 20.4. The lowest BCUT2D eigenvalue weighted by Crippen LogP contribution is -2.39. The second-order valence-corrected chi connectivity index (χ2v) is 6.02. The Morgan fingerprint density at radius 2 is 2.00 bits per heavy atom. The number of halogens is 5. The van der Waals surface area contributed by atoms with Crippen molar-refractivity contribution in [3.63, 3.8) is 0 Å². The third-order valence-corrected chi connectivity index (χ3v) is 3.74. The first-order chi connectivity index (χ1) is 13.4. The van der Waals surface area contributed by atoms with E-state index in [1.54, 1.807) is 12.3 Å². The van der Waals surface area contributed by atoms with Crippen LogP contribution in [0.25, 0.3) is 0 Å². The van der Waals surface area contributed by atoms with Gasteiger partial charge in [0.05, 0.1) is 6.54 Å². The number of alkyl halides is 3. The lowest BCUT2D eigenvalue weighted by atomic mass is 10.2. The van der Waals surface area contributed by atoms with Crippen LogP contribution in [0.4, 0.5) is 13.2 Å². The van der Waals surface area contributed by atoms with Gasteiger partial charge in [0.1, 0.15) is 17.3 Å². The lowest BCUT2D eigenvalue weighted by Gasteiger charge is -2.14. The van der Waals surface area contributed by atoms with Gasteiger partial charge >= 0.3 is 6.18 Å². The summed E-state index contributed by atoms with van der Waals surface area (Å²) in [5.41, 5.74) is 0.106. The smallest absolute Gasteiger partial charge is 0.421 e. The number of aromatic nitrogens is 2. The van der Waals surface area contributed by atoms with Gasteiger partial charge in [0, 0.05) is 25.5 Å². The summed E-state index contributed by atoms with van der Waals surface area (Å²) in [4.78, 5) is 12.1. The second-order valence-electron chi connectivity index (χ2n) is 5.63. The molecular formula is C18H22ClF3IN5O. The first kappa shape index (κ1) is 25.2. The van der Waals surface area contributed by atoms with E-state index in [9.17, 15) is 13.2 Å². The molecule has 0 bridgehead atoms. The third kappa shape index (κ3) is 9.03. The van der Waals surface area contributed by atoms with Crippen molar-refractivity contribution in [2.45, 2.75) is 19.5 Å². The number of hydrogen-bond donors (Lipinski definition) is 2. The van der Waals surface area contributed by atoms with Crippen LogP contribution in [-0.4, -0.2) is 42.2 Å². The summed E-state index contributed by atoms with van der Waals surface area (Å²) >= 11 is 5.75. The van der Waals surface area contributed by atoms with Crippen molar-refractivity contribution in [1.29, 1.82) is 0 Å². The molecule has 2 heterocycles. The van der Waals surface area contributed by atoms with Crippen LogP contribution in [0.1, 0.15) is 18.1 Å². The Labute approximate surface area is 189 Å². The first-order valence-corrected chi connectivity index (χ1v) is 9.05. The van der Waals surface area contributed by atoms with Gasteiger partial charge in [-0.05, 0) is 37.1 Å². The highest BCUT2D eigenvalue weighted by atomic mass is 127. The molecule has 0 saturated carbocycles. The molecule has 11 heteroatoms. The summed E-state index contributed by atoms with van der Waals surface area (Å²) in [5, 5.41) is 6.51. The van der Waals surface area contributed by atoms with Gasteiger partial charge in [-0.3, -0.25) is 4.99 Å². The normalized spacial score (nSPS) is 11.6.